The lowest BCUT2D eigenvalue weighted by Crippen LogP contribution is -2.38. The Morgan fingerprint density at radius 2 is 1.62 bits per heavy atom. The number of carbonyl (C=O) groups excluding carboxylic acids is 1. The van der Waals surface area contributed by atoms with Crippen molar-refractivity contribution in [2.24, 2.45) is 0 Å². The molecule has 0 atom stereocenters. The first-order valence-electron chi connectivity index (χ1n) is 11.7. The standard InChI is InChI=1S/C27H21F3N4O4S/c1-39(37,38)33-23-15-24(31-32-25(23)35)34-12-11-18-13-17(7-9-21(18)26(34)36)20-10-8-19(27(28,29)30)14-22(20)16-5-3-2-4-6-16/h2-10,13-15H,11-12H2,1H3,(H,31,33)(H,32,35). The minimum atomic E-state index is -4.50. The second-order valence-corrected chi connectivity index (χ2v) is 10.8. The van der Waals surface area contributed by atoms with Crippen molar-refractivity contribution >= 4 is 27.4 Å². The second kappa shape index (κ2) is 9.70. The Labute approximate surface area is 221 Å². The Hall–Kier alpha value is -4.45. The molecule has 1 aliphatic heterocycles. The van der Waals surface area contributed by atoms with Gasteiger partial charge in [-0.2, -0.15) is 13.2 Å². The molecule has 39 heavy (non-hydrogen) atoms. The highest BCUT2D eigenvalue weighted by Gasteiger charge is 2.32. The van der Waals surface area contributed by atoms with Gasteiger partial charge in [0.05, 0.1) is 11.8 Å². The summed E-state index contributed by atoms with van der Waals surface area (Å²) in [4.78, 5) is 14.6. The molecule has 12 heteroatoms. The van der Waals surface area contributed by atoms with Gasteiger partial charge in [0, 0.05) is 18.2 Å². The maximum Gasteiger partial charge on any atom is 0.416 e. The zero-order chi connectivity index (χ0) is 27.9. The molecule has 5 rings (SSSR count). The van der Waals surface area contributed by atoms with Crippen LogP contribution in [0.15, 0.2) is 72.8 Å². The van der Waals surface area contributed by atoms with Gasteiger partial charge in [-0.1, -0.05) is 48.5 Å². The van der Waals surface area contributed by atoms with E-state index in [-0.39, 0.29) is 18.1 Å². The van der Waals surface area contributed by atoms with Crippen molar-refractivity contribution < 1.29 is 31.5 Å². The van der Waals surface area contributed by atoms with Gasteiger partial charge in [0.25, 0.3) is 11.8 Å². The minimum Gasteiger partial charge on any atom is -0.491 e. The third kappa shape index (κ3) is 5.41. The highest BCUT2D eigenvalue weighted by Crippen LogP contribution is 2.39. The Balaban J connectivity index is 1.51. The van der Waals surface area contributed by atoms with Gasteiger partial charge in [-0.05, 0) is 52.4 Å². The molecule has 1 aromatic heterocycles. The lowest BCUT2D eigenvalue weighted by atomic mass is 9.89. The van der Waals surface area contributed by atoms with Crippen LogP contribution in [0, 0.1) is 0 Å². The van der Waals surface area contributed by atoms with Gasteiger partial charge in [-0.3, -0.25) is 14.4 Å². The van der Waals surface area contributed by atoms with Crippen molar-refractivity contribution in [1.29, 1.82) is 0 Å². The lowest BCUT2D eigenvalue weighted by molar-refractivity contribution is -0.137. The molecule has 0 radical (unpaired) electrons. The first-order valence-corrected chi connectivity index (χ1v) is 13.6. The fraction of sp³-hybridized carbons (Fsp3) is 0.148. The van der Waals surface area contributed by atoms with Crippen LogP contribution < -0.4 is 9.62 Å². The van der Waals surface area contributed by atoms with E-state index in [2.05, 4.69) is 14.9 Å². The molecule has 0 saturated carbocycles. The van der Waals surface area contributed by atoms with Crippen molar-refractivity contribution in [3.05, 3.63) is 89.5 Å². The second-order valence-electron chi connectivity index (χ2n) is 9.02. The summed E-state index contributed by atoms with van der Waals surface area (Å²) in [6.45, 7) is 0.186. The number of benzene rings is 3. The monoisotopic (exact) mass is 554 g/mol. The van der Waals surface area contributed by atoms with E-state index in [1.54, 1.807) is 48.5 Å². The summed E-state index contributed by atoms with van der Waals surface area (Å²) in [7, 11) is -3.72. The average Bonchev–Trinajstić information content (AvgIpc) is 2.89. The third-order valence-electron chi connectivity index (χ3n) is 6.26. The maximum absolute atomic E-state index is 13.5. The Morgan fingerprint density at radius 1 is 0.897 bits per heavy atom. The van der Waals surface area contributed by atoms with Crippen LogP contribution in [0.2, 0.25) is 0 Å². The van der Waals surface area contributed by atoms with E-state index in [9.17, 15) is 31.5 Å². The van der Waals surface area contributed by atoms with E-state index < -0.39 is 33.6 Å². The van der Waals surface area contributed by atoms with Crippen LogP contribution in [0.25, 0.3) is 22.3 Å². The lowest BCUT2D eigenvalue weighted by Gasteiger charge is -2.28. The first kappa shape index (κ1) is 26.2. The van der Waals surface area contributed by atoms with Crippen molar-refractivity contribution in [2.75, 3.05) is 22.4 Å². The summed E-state index contributed by atoms with van der Waals surface area (Å²) in [5.74, 6) is -0.999. The Kier molecular flexibility index (Phi) is 6.51. The van der Waals surface area contributed by atoms with E-state index in [0.717, 1.165) is 18.4 Å². The molecule has 3 aromatic carbocycles. The number of aromatic nitrogens is 2. The van der Waals surface area contributed by atoms with Gasteiger partial charge in [-0.15, -0.1) is 10.2 Å². The first-order chi connectivity index (χ1) is 18.4. The van der Waals surface area contributed by atoms with Crippen LogP contribution in [0.1, 0.15) is 21.5 Å². The minimum absolute atomic E-state index is 0.0489. The smallest absolute Gasteiger partial charge is 0.416 e. The zero-order valence-corrected chi connectivity index (χ0v) is 21.2. The number of sulfonamides is 1. The maximum atomic E-state index is 13.5. The fourth-order valence-corrected chi connectivity index (χ4v) is 5.03. The van der Waals surface area contributed by atoms with Gasteiger partial charge in [0.15, 0.2) is 5.82 Å². The molecule has 2 N–H and O–H groups in total. The normalized spacial score (nSPS) is 13.7. The summed E-state index contributed by atoms with van der Waals surface area (Å²) in [5.41, 5.74) is 2.39. The number of aromatic hydroxyl groups is 1. The molecular formula is C27H21F3N4O4S. The van der Waals surface area contributed by atoms with Gasteiger partial charge in [0.1, 0.15) is 5.69 Å². The summed E-state index contributed by atoms with van der Waals surface area (Å²) in [6, 6.07) is 18.7. The fourth-order valence-electron chi connectivity index (χ4n) is 4.49. The van der Waals surface area contributed by atoms with Gasteiger partial charge in [-0.25, -0.2) is 8.42 Å². The van der Waals surface area contributed by atoms with Crippen molar-refractivity contribution in [2.45, 2.75) is 12.6 Å². The van der Waals surface area contributed by atoms with Crippen molar-refractivity contribution in [3.8, 4) is 28.1 Å². The molecule has 0 fully saturated rings. The van der Waals surface area contributed by atoms with Crippen LogP contribution >= 0.6 is 0 Å². The number of hydrogen-bond donors (Lipinski definition) is 2. The molecule has 4 aromatic rings. The third-order valence-corrected chi connectivity index (χ3v) is 6.85. The number of nitrogens with one attached hydrogen (secondary N) is 1. The van der Waals surface area contributed by atoms with Crippen molar-refractivity contribution in [3.63, 3.8) is 0 Å². The summed E-state index contributed by atoms with van der Waals surface area (Å²) >= 11 is 0. The van der Waals surface area contributed by atoms with Crippen LogP contribution in [-0.4, -0.2) is 42.4 Å². The van der Waals surface area contributed by atoms with E-state index >= 15 is 0 Å². The van der Waals surface area contributed by atoms with Crippen LogP contribution in [-0.2, 0) is 22.6 Å². The number of halogens is 3. The van der Waals surface area contributed by atoms with Crippen LogP contribution in [0.4, 0.5) is 24.7 Å². The molecule has 0 aliphatic carbocycles. The Bertz CT molecular complexity index is 1690. The van der Waals surface area contributed by atoms with Gasteiger partial charge >= 0.3 is 6.18 Å². The molecule has 0 unspecified atom stereocenters. The van der Waals surface area contributed by atoms with Crippen LogP contribution in [0.3, 0.4) is 0 Å². The molecule has 1 amide bonds. The molecule has 0 bridgehead atoms. The number of hydrogen-bond acceptors (Lipinski definition) is 6. The molecule has 8 nitrogen and oxygen atoms in total. The largest absolute Gasteiger partial charge is 0.491 e. The average molecular weight is 555 g/mol. The van der Waals surface area contributed by atoms with E-state index in [1.165, 1.54) is 17.0 Å². The number of amides is 1. The topological polar surface area (TPSA) is 112 Å². The summed E-state index contributed by atoms with van der Waals surface area (Å²) in [5, 5.41) is 17.2. The molecule has 2 heterocycles. The number of alkyl halides is 3. The highest BCUT2D eigenvalue weighted by atomic mass is 32.2. The summed E-state index contributed by atoms with van der Waals surface area (Å²) in [6.07, 6.45) is -3.19. The Morgan fingerprint density at radius 3 is 2.31 bits per heavy atom. The quantitative estimate of drug-likeness (QED) is 0.355. The molecule has 0 spiro atoms. The summed E-state index contributed by atoms with van der Waals surface area (Å²) < 4.78 is 65.8. The van der Waals surface area contributed by atoms with E-state index in [0.29, 0.717) is 39.8 Å². The van der Waals surface area contributed by atoms with Gasteiger partial charge < -0.3 is 5.11 Å². The SMILES string of the molecule is CS(=O)(=O)Nc1cc(N2CCc3cc(-c4ccc(C(F)(F)F)cc4-c4ccccc4)ccc3C2=O)nnc1O. The van der Waals surface area contributed by atoms with Crippen LogP contribution in [0.5, 0.6) is 5.88 Å². The van der Waals surface area contributed by atoms with Gasteiger partial charge in [0.2, 0.25) is 10.0 Å². The van der Waals surface area contributed by atoms with E-state index in [4.69, 9.17) is 0 Å². The number of anilines is 2. The molecule has 200 valence electrons. The zero-order valence-electron chi connectivity index (χ0n) is 20.4. The predicted molar refractivity (Wildman–Crippen MR) is 140 cm³/mol. The highest BCUT2D eigenvalue weighted by molar-refractivity contribution is 7.92. The number of carbonyl (C=O) groups is 1. The van der Waals surface area contributed by atoms with E-state index in [1.807, 2.05) is 0 Å². The van der Waals surface area contributed by atoms with Crippen molar-refractivity contribution in [1.82, 2.24) is 10.2 Å². The predicted octanol–water partition coefficient (Wildman–Crippen LogP) is 5.11. The molecular weight excluding hydrogens is 533 g/mol. The number of fused-ring (bicyclic) bond motifs is 1. The number of nitrogens with zero attached hydrogens (tertiary/aromatic N) is 3. The molecule has 0 saturated heterocycles. The number of rotatable bonds is 5. The molecule has 1 aliphatic rings.